The van der Waals surface area contributed by atoms with Gasteiger partial charge in [-0.2, -0.15) is 0 Å². The Morgan fingerprint density at radius 1 is 1.08 bits per heavy atom. The summed E-state index contributed by atoms with van der Waals surface area (Å²) in [5.41, 5.74) is 2.75. The van der Waals surface area contributed by atoms with E-state index in [0.717, 1.165) is 12.8 Å². The van der Waals surface area contributed by atoms with Crippen molar-refractivity contribution in [3.05, 3.63) is 59.7 Å². The minimum absolute atomic E-state index is 0.118. The number of rotatable bonds is 4. The lowest BCUT2D eigenvalue weighted by molar-refractivity contribution is -0.131. The first-order chi connectivity index (χ1) is 12.6. The van der Waals surface area contributed by atoms with E-state index in [1.165, 1.54) is 23.5 Å². The number of amides is 2. The monoisotopic (exact) mass is 352 g/mol. The Bertz CT molecular complexity index is 763. The standard InChI is InChI=1S/C20H24N4O2/c1-16-4-2-5-17(14-16)6-7-19(25)23-10-3-11-24(13-12-23)20(26)18-15-21-8-9-22-18/h2,4-5,8-9,14-15H,3,6-7,10-13H2,1H3. The maximum atomic E-state index is 12.6. The summed E-state index contributed by atoms with van der Waals surface area (Å²) in [6.07, 6.45) is 6.58. The van der Waals surface area contributed by atoms with Crippen molar-refractivity contribution in [1.82, 2.24) is 19.8 Å². The Kier molecular flexibility index (Phi) is 5.94. The lowest BCUT2D eigenvalue weighted by Gasteiger charge is -2.22. The van der Waals surface area contributed by atoms with Crippen molar-refractivity contribution in [3.8, 4) is 0 Å². The summed E-state index contributed by atoms with van der Waals surface area (Å²) in [4.78, 5) is 36.7. The van der Waals surface area contributed by atoms with E-state index in [9.17, 15) is 9.59 Å². The largest absolute Gasteiger partial charge is 0.341 e. The molecule has 1 aliphatic rings. The smallest absolute Gasteiger partial charge is 0.274 e. The number of carbonyl (C=O) groups excluding carboxylic acids is 2. The van der Waals surface area contributed by atoms with E-state index in [1.807, 2.05) is 11.0 Å². The summed E-state index contributed by atoms with van der Waals surface area (Å²) < 4.78 is 0. The van der Waals surface area contributed by atoms with Crippen LogP contribution in [0.5, 0.6) is 0 Å². The molecule has 1 saturated heterocycles. The fourth-order valence-corrected chi connectivity index (χ4v) is 3.22. The average molecular weight is 352 g/mol. The Labute approximate surface area is 153 Å². The molecule has 26 heavy (non-hydrogen) atoms. The van der Waals surface area contributed by atoms with Crippen molar-refractivity contribution >= 4 is 11.8 Å². The summed E-state index contributed by atoms with van der Waals surface area (Å²) in [5.74, 6) is 0.0347. The number of hydrogen-bond acceptors (Lipinski definition) is 4. The zero-order valence-electron chi connectivity index (χ0n) is 15.1. The summed E-state index contributed by atoms with van der Waals surface area (Å²) in [7, 11) is 0. The van der Waals surface area contributed by atoms with Crippen LogP contribution in [0.15, 0.2) is 42.9 Å². The summed E-state index contributed by atoms with van der Waals surface area (Å²) in [6, 6.07) is 8.26. The van der Waals surface area contributed by atoms with Crippen LogP contribution in [0.1, 0.15) is 34.5 Å². The first kappa shape index (κ1) is 18.0. The van der Waals surface area contributed by atoms with Crippen molar-refractivity contribution in [2.75, 3.05) is 26.2 Å². The van der Waals surface area contributed by atoms with Crippen LogP contribution in [-0.4, -0.2) is 57.8 Å². The average Bonchev–Trinajstić information content (AvgIpc) is 2.92. The summed E-state index contributed by atoms with van der Waals surface area (Å²) in [5, 5.41) is 0. The van der Waals surface area contributed by atoms with Gasteiger partial charge in [0.15, 0.2) is 0 Å². The van der Waals surface area contributed by atoms with Gasteiger partial charge in [0.2, 0.25) is 5.91 Å². The van der Waals surface area contributed by atoms with Crippen LogP contribution < -0.4 is 0 Å². The highest BCUT2D eigenvalue weighted by Crippen LogP contribution is 2.11. The first-order valence-electron chi connectivity index (χ1n) is 9.02. The molecule has 136 valence electrons. The second-order valence-corrected chi connectivity index (χ2v) is 6.61. The Morgan fingerprint density at radius 2 is 1.88 bits per heavy atom. The normalized spacial score (nSPS) is 14.8. The van der Waals surface area contributed by atoms with Crippen molar-refractivity contribution < 1.29 is 9.59 Å². The molecule has 0 aliphatic carbocycles. The topological polar surface area (TPSA) is 66.4 Å². The van der Waals surface area contributed by atoms with Gasteiger partial charge < -0.3 is 9.80 Å². The van der Waals surface area contributed by atoms with Gasteiger partial charge in [-0.1, -0.05) is 29.8 Å². The van der Waals surface area contributed by atoms with Crippen molar-refractivity contribution in [2.24, 2.45) is 0 Å². The van der Waals surface area contributed by atoms with E-state index in [1.54, 1.807) is 11.1 Å². The molecule has 6 heteroatoms. The van der Waals surface area contributed by atoms with Crippen molar-refractivity contribution in [3.63, 3.8) is 0 Å². The van der Waals surface area contributed by atoms with E-state index >= 15 is 0 Å². The Balaban J connectivity index is 1.53. The lowest BCUT2D eigenvalue weighted by atomic mass is 10.1. The number of carbonyl (C=O) groups is 2. The van der Waals surface area contributed by atoms with Gasteiger partial charge in [-0.05, 0) is 25.3 Å². The molecule has 0 radical (unpaired) electrons. The van der Waals surface area contributed by atoms with E-state index in [2.05, 4.69) is 35.1 Å². The van der Waals surface area contributed by atoms with Gasteiger partial charge in [0.05, 0.1) is 6.20 Å². The van der Waals surface area contributed by atoms with Crippen LogP contribution in [0.3, 0.4) is 0 Å². The number of aromatic nitrogens is 2. The summed E-state index contributed by atoms with van der Waals surface area (Å²) >= 11 is 0. The van der Waals surface area contributed by atoms with Gasteiger partial charge in [-0.15, -0.1) is 0 Å². The molecule has 0 spiro atoms. The second kappa shape index (κ2) is 8.56. The molecule has 1 aliphatic heterocycles. The van der Waals surface area contributed by atoms with Crippen LogP contribution >= 0.6 is 0 Å². The van der Waals surface area contributed by atoms with Crippen LogP contribution in [0, 0.1) is 6.92 Å². The number of nitrogens with zero attached hydrogens (tertiary/aromatic N) is 4. The Hall–Kier alpha value is -2.76. The molecule has 6 nitrogen and oxygen atoms in total. The predicted octanol–water partition coefficient (Wildman–Crippen LogP) is 2.09. The zero-order chi connectivity index (χ0) is 18.4. The van der Waals surface area contributed by atoms with Gasteiger partial charge in [0, 0.05) is 45.0 Å². The third-order valence-electron chi connectivity index (χ3n) is 4.63. The molecule has 0 atom stereocenters. The fraction of sp³-hybridized carbons (Fsp3) is 0.400. The zero-order valence-corrected chi connectivity index (χ0v) is 15.1. The molecule has 2 aromatic rings. The van der Waals surface area contributed by atoms with E-state index in [0.29, 0.717) is 38.3 Å². The van der Waals surface area contributed by atoms with Crippen LogP contribution in [0.2, 0.25) is 0 Å². The molecular weight excluding hydrogens is 328 g/mol. The third-order valence-corrected chi connectivity index (χ3v) is 4.63. The molecule has 2 amide bonds. The molecule has 0 bridgehead atoms. The van der Waals surface area contributed by atoms with Gasteiger partial charge in [-0.25, -0.2) is 4.98 Å². The van der Waals surface area contributed by atoms with Gasteiger partial charge >= 0.3 is 0 Å². The fourth-order valence-electron chi connectivity index (χ4n) is 3.22. The highest BCUT2D eigenvalue weighted by molar-refractivity contribution is 5.92. The maximum absolute atomic E-state index is 12.6. The molecule has 1 aromatic carbocycles. The second-order valence-electron chi connectivity index (χ2n) is 6.61. The van der Waals surface area contributed by atoms with Gasteiger partial charge in [0.1, 0.15) is 5.69 Å². The SMILES string of the molecule is Cc1cccc(CCC(=O)N2CCCN(C(=O)c3cnccn3)CC2)c1. The van der Waals surface area contributed by atoms with E-state index in [4.69, 9.17) is 0 Å². The Morgan fingerprint density at radius 3 is 2.65 bits per heavy atom. The highest BCUT2D eigenvalue weighted by atomic mass is 16.2. The van der Waals surface area contributed by atoms with Gasteiger partial charge in [0.25, 0.3) is 5.91 Å². The lowest BCUT2D eigenvalue weighted by Crippen LogP contribution is -2.37. The molecule has 0 unspecified atom stereocenters. The van der Waals surface area contributed by atoms with E-state index in [-0.39, 0.29) is 11.8 Å². The minimum atomic E-state index is -0.118. The van der Waals surface area contributed by atoms with Gasteiger partial charge in [-0.3, -0.25) is 14.6 Å². The number of benzene rings is 1. The maximum Gasteiger partial charge on any atom is 0.274 e. The van der Waals surface area contributed by atoms with E-state index < -0.39 is 0 Å². The third kappa shape index (κ3) is 4.65. The minimum Gasteiger partial charge on any atom is -0.341 e. The van der Waals surface area contributed by atoms with Crippen LogP contribution in [-0.2, 0) is 11.2 Å². The number of hydrogen-bond donors (Lipinski definition) is 0. The molecule has 0 saturated carbocycles. The van der Waals surface area contributed by atoms with Crippen molar-refractivity contribution in [2.45, 2.75) is 26.2 Å². The highest BCUT2D eigenvalue weighted by Gasteiger charge is 2.23. The van der Waals surface area contributed by atoms with Crippen LogP contribution in [0.4, 0.5) is 0 Å². The number of aryl methyl sites for hydroxylation is 2. The molecule has 1 aromatic heterocycles. The summed E-state index contributed by atoms with van der Waals surface area (Å²) in [6.45, 7) is 4.49. The van der Waals surface area contributed by atoms with Crippen LogP contribution in [0.25, 0.3) is 0 Å². The molecule has 0 N–H and O–H groups in total. The predicted molar refractivity (Wildman–Crippen MR) is 98.6 cm³/mol. The first-order valence-corrected chi connectivity index (χ1v) is 9.02. The molecular formula is C20H24N4O2. The van der Waals surface area contributed by atoms with Crippen molar-refractivity contribution in [1.29, 1.82) is 0 Å². The molecule has 2 heterocycles. The molecule has 3 rings (SSSR count). The molecule has 1 fully saturated rings. The quantitative estimate of drug-likeness (QED) is 0.845.